The zero-order valence-corrected chi connectivity index (χ0v) is 42.0. The maximum Gasteiger partial charge on any atom is 0.526 e. The summed E-state index contributed by atoms with van der Waals surface area (Å²) in [5.41, 5.74) is 0. The van der Waals surface area contributed by atoms with E-state index < -0.39 is 61.1 Å². The molecule has 0 aromatic carbocycles. The molecule has 0 aliphatic rings. The molecule has 1 unspecified atom stereocenters. The van der Waals surface area contributed by atoms with E-state index >= 15 is 0 Å². The molecule has 0 N–H and O–H groups in total. The van der Waals surface area contributed by atoms with Gasteiger partial charge < -0.3 is 61.0 Å². The molecule has 50 heavy (non-hydrogen) atoms. The number of hydrogen-bond donors (Lipinski definition) is 0. The lowest BCUT2D eigenvalue weighted by molar-refractivity contribution is -0.246. The van der Waals surface area contributed by atoms with Gasteiger partial charge in [-0.25, -0.2) is 18.9 Å². The van der Waals surface area contributed by atoms with Crippen LogP contribution in [-0.4, -0.2) is 152 Å². The SMILES string of the molecule is CCOO[Si](C)(OCC)OCC.COO[Si](C)(OC)OC.CO[Si](C)(C)OC.CO[Si](C)(OC)O[Si](C)(C)O[Si](C)(OC)O[Si](C)(OC)OC. The van der Waals surface area contributed by atoms with Crippen LogP contribution in [0.2, 0.25) is 58.9 Å². The summed E-state index contributed by atoms with van der Waals surface area (Å²) >= 11 is 0. The highest BCUT2D eigenvalue weighted by Crippen LogP contribution is 2.25. The Hall–Kier alpha value is 0.798. The van der Waals surface area contributed by atoms with Crippen LogP contribution < -0.4 is 0 Å². The molecule has 0 saturated carbocycles. The summed E-state index contributed by atoms with van der Waals surface area (Å²) in [4.78, 5) is 9.22. The first-order valence-corrected chi connectivity index (χ1v) is 32.5. The van der Waals surface area contributed by atoms with Gasteiger partial charge in [-0.1, -0.05) is 0 Å². The fourth-order valence-corrected chi connectivity index (χ4v) is 18.4. The topological polar surface area (TPSA) is 166 Å². The molecule has 25 heteroatoms. The van der Waals surface area contributed by atoms with Crippen LogP contribution in [0.3, 0.4) is 0 Å². The quantitative estimate of drug-likeness (QED) is 0.0746. The summed E-state index contributed by atoms with van der Waals surface area (Å²) < 4.78 is 85.3. The van der Waals surface area contributed by atoms with Crippen LogP contribution in [0, 0.1) is 0 Å². The molecule has 18 nitrogen and oxygen atoms in total. The highest BCUT2D eigenvalue weighted by molar-refractivity contribution is 6.84. The van der Waals surface area contributed by atoms with Crippen molar-refractivity contribution in [3.63, 3.8) is 0 Å². The van der Waals surface area contributed by atoms with Gasteiger partial charge in [-0.3, -0.25) is 0 Å². The van der Waals surface area contributed by atoms with E-state index in [0.29, 0.717) is 19.8 Å². The molecule has 0 heterocycles. The smallest absolute Gasteiger partial charge is 0.398 e. The van der Waals surface area contributed by atoms with Gasteiger partial charge in [-0.05, 0) is 47.0 Å². The van der Waals surface area contributed by atoms with Crippen molar-refractivity contribution >= 4 is 61.1 Å². The zero-order chi connectivity index (χ0) is 40.3. The third-order valence-electron chi connectivity index (χ3n) is 6.19. The van der Waals surface area contributed by atoms with E-state index in [4.69, 9.17) is 75.1 Å². The third-order valence-corrected chi connectivity index (χ3v) is 25.7. The molecule has 0 rings (SSSR count). The van der Waals surface area contributed by atoms with Crippen LogP contribution in [0.1, 0.15) is 20.8 Å². The van der Waals surface area contributed by atoms with Crippen LogP contribution in [-0.2, 0) is 80.0 Å². The van der Waals surface area contributed by atoms with Crippen LogP contribution in [0.15, 0.2) is 0 Å². The standard InChI is InChI=1S/C10H30O8Si4.C7H18O4Si.C4H12O4Si.C4H12O2Si/c1-11-20(8,12-2)16-19(6,7)17-22(10,15-5)18-21(9,13-3)14-4;1-5-8-11-12(4,9-6-2)10-7-3;1-5-8-9(4,6-2)7-3;1-5-7(3,4)6-2/h1-10H3;5-7H2,1-4H3;1-4H3;1-4H3. The summed E-state index contributed by atoms with van der Waals surface area (Å²) in [5.74, 6) is 0. The molecule has 0 saturated heterocycles. The molecule has 0 fully saturated rings. The summed E-state index contributed by atoms with van der Waals surface area (Å²) in [5, 5.41) is 0. The molecular formula is C25H72O18Si7. The Kier molecular flexibility index (Phi) is 33.5. The molecule has 0 radical (unpaired) electrons. The van der Waals surface area contributed by atoms with Crippen LogP contribution in [0.5, 0.6) is 0 Å². The first-order chi connectivity index (χ1) is 22.9. The maximum atomic E-state index is 6.13. The van der Waals surface area contributed by atoms with Crippen molar-refractivity contribution in [2.45, 2.75) is 79.7 Å². The Morgan fingerprint density at radius 2 is 0.660 bits per heavy atom. The van der Waals surface area contributed by atoms with Crippen LogP contribution in [0.25, 0.3) is 0 Å². The van der Waals surface area contributed by atoms with Gasteiger partial charge in [0.15, 0.2) is 0 Å². The van der Waals surface area contributed by atoms with Crippen molar-refractivity contribution in [1.29, 1.82) is 0 Å². The minimum atomic E-state index is -3.00. The fraction of sp³-hybridized carbons (Fsp3) is 1.00. The molecule has 0 bridgehead atoms. The summed E-state index contributed by atoms with van der Waals surface area (Å²) in [6, 6.07) is 0. The molecule has 0 aliphatic carbocycles. The normalized spacial score (nSPS) is 14.0. The van der Waals surface area contributed by atoms with Gasteiger partial charge >= 0.3 is 61.1 Å². The summed E-state index contributed by atoms with van der Waals surface area (Å²) in [6.07, 6.45) is 0. The first-order valence-electron chi connectivity index (χ1n) is 15.8. The highest BCUT2D eigenvalue weighted by Gasteiger charge is 2.52. The Morgan fingerprint density at radius 1 is 0.320 bits per heavy atom. The van der Waals surface area contributed by atoms with E-state index in [0.717, 1.165) is 0 Å². The second-order valence-corrected chi connectivity index (χ2v) is 32.1. The van der Waals surface area contributed by atoms with Crippen molar-refractivity contribution in [3.05, 3.63) is 0 Å². The maximum absolute atomic E-state index is 6.13. The predicted molar refractivity (Wildman–Crippen MR) is 203 cm³/mol. The predicted octanol–water partition coefficient (Wildman–Crippen LogP) is 4.68. The average Bonchev–Trinajstić information content (AvgIpc) is 3.07. The molecule has 1 atom stereocenters. The molecule has 0 aliphatic heterocycles. The van der Waals surface area contributed by atoms with Gasteiger partial charge in [-0.15, -0.1) is 0 Å². The van der Waals surface area contributed by atoms with E-state index in [1.165, 1.54) is 21.3 Å². The Labute approximate surface area is 310 Å². The van der Waals surface area contributed by atoms with Gasteiger partial charge in [0, 0.05) is 110 Å². The number of rotatable bonds is 24. The van der Waals surface area contributed by atoms with Crippen molar-refractivity contribution in [3.8, 4) is 0 Å². The van der Waals surface area contributed by atoms with Gasteiger partial charge in [0.2, 0.25) is 0 Å². The Morgan fingerprint density at radius 3 is 0.900 bits per heavy atom. The minimum Gasteiger partial charge on any atom is -0.398 e. The molecule has 0 spiro atoms. The fourth-order valence-electron chi connectivity index (χ4n) is 2.85. The molecule has 308 valence electrons. The van der Waals surface area contributed by atoms with E-state index in [-0.39, 0.29) is 0 Å². The molecule has 0 aromatic rings. The van der Waals surface area contributed by atoms with Crippen LogP contribution in [0.4, 0.5) is 0 Å². The van der Waals surface area contributed by atoms with Crippen molar-refractivity contribution in [2.24, 2.45) is 0 Å². The largest absolute Gasteiger partial charge is 0.526 e. The van der Waals surface area contributed by atoms with Crippen molar-refractivity contribution < 1.29 is 80.0 Å². The Balaban J connectivity index is -0.000000316. The first kappa shape index (κ1) is 57.5. The summed E-state index contributed by atoms with van der Waals surface area (Å²) in [7, 11) is -2.16. The Bertz CT molecular complexity index is 785. The molecule has 0 amide bonds. The third kappa shape index (κ3) is 28.3. The second-order valence-electron chi connectivity index (χ2n) is 10.9. The second kappa shape index (κ2) is 29.1. The average molecular weight is 857 g/mol. The van der Waals surface area contributed by atoms with Gasteiger partial charge in [0.1, 0.15) is 0 Å². The highest BCUT2D eigenvalue weighted by atomic mass is 28.5. The van der Waals surface area contributed by atoms with E-state index in [1.807, 2.05) is 53.5 Å². The monoisotopic (exact) mass is 856 g/mol. The lowest BCUT2D eigenvalue weighted by Gasteiger charge is -2.39. The van der Waals surface area contributed by atoms with E-state index in [2.05, 4.69) is 4.89 Å². The zero-order valence-electron chi connectivity index (χ0n) is 35.0. The molecular weight excluding hydrogens is 785 g/mol. The van der Waals surface area contributed by atoms with Gasteiger partial charge in [0.25, 0.3) is 0 Å². The lowest BCUT2D eigenvalue weighted by atomic mass is 10.9. The van der Waals surface area contributed by atoms with Crippen molar-refractivity contribution in [1.82, 2.24) is 0 Å². The van der Waals surface area contributed by atoms with Crippen molar-refractivity contribution in [2.75, 3.05) is 90.9 Å². The number of hydrogen-bond acceptors (Lipinski definition) is 18. The summed E-state index contributed by atoms with van der Waals surface area (Å²) in [6.45, 7) is 24.0. The minimum absolute atomic E-state index is 0.503. The lowest BCUT2D eigenvalue weighted by Crippen LogP contribution is -2.61. The van der Waals surface area contributed by atoms with Gasteiger partial charge in [-0.2, -0.15) is 0 Å². The van der Waals surface area contributed by atoms with E-state index in [9.17, 15) is 0 Å². The van der Waals surface area contributed by atoms with Crippen LogP contribution >= 0.6 is 0 Å². The van der Waals surface area contributed by atoms with E-state index in [1.54, 1.807) is 76.0 Å². The van der Waals surface area contributed by atoms with Gasteiger partial charge in [0.05, 0.1) is 13.7 Å². The molecule has 0 aromatic heterocycles.